The number of aromatic nitrogens is 1. The van der Waals surface area contributed by atoms with Gasteiger partial charge in [0.1, 0.15) is 4.83 Å². The number of rotatable bonds is 9. The zero-order valence-corrected chi connectivity index (χ0v) is 28.2. The minimum atomic E-state index is -0.537. The Bertz CT molecular complexity index is 1470. The summed E-state index contributed by atoms with van der Waals surface area (Å²) in [6.45, 7) is 16.1. The van der Waals surface area contributed by atoms with Crippen LogP contribution in [0.15, 0.2) is 24.3 Å². The highest BCUT2D eigenvalue weighted by molar-refractivity contribution is 7.19. The number of hydrogen-bond donors (Lipinski definition) is 2. The second-order valence-electron chi connectivity index (χ2n) is 14.4. The Labute approximate surface area is 266 Å². The highest BCUT2D eigenvalue weighted by Gasteiger charge is 2.47. The number of ether oxygens (including phenoxy) is 1. The maximum atomic E-state index is 14.0. The molecule has 0 radical (unpaired) electrons. The van der Waals surface area contributed by atoms with Gasteiger partial charge in [0.25, 0.3) is 0 Å². The number of nitrogens with zero attached hydrogens (tertiary/aromatic N) is 2. The van der Waals surface area contributed by atoms with Crippen LogP contribution in [0.2, 0.25) is 0 Å². The molecule has 2 bridgehead atoms. The van der Waals surface area contributed by atoms with Crippen molar-refractivity contribution >= 4 is 33.6 Å². The molecule has 44 heavy (non-hydrogen) atoms. The first-order chi connectivity index (χ1) is 21.0. The molecule has 0 unspecified atom stereocenters. The average molecular weight is 619 g/mol. The Morgan fingerprint density at radius 1 is 1.00 bits per heavy atom. The molecular formula is C36H50N4O3S. The molecule has 3 fully saturated rings. The summed E-state index contributed by atoms with van der Waals surface area (Å²) in [5.74, 6) is 0.790. The van der Waals surface area contributed by atoms with Crippen molar-refractivity contribution in [3.05, 3.63) is 45.8 Å². The molecule has 3 aliphatic rings. The molecule has 7 nitrogen and oxygen atoms in total. The van der Waals surface area contributed by atoms with Gasteiger partial charge in [0.2, 0.25) is 5.91 Å². The van der Waals surface area contributed by atoms with Gasteiger partial charge in [-0.3, -0.25) is 4.79 Å². The smallest absolute Gasteiger partial charge is 0.407 e. The Kier molecular flexibility index (Phi) is 8.86. The van der Waals surface area contributed by atoms with Crippen molar-refractivity contribution in [3.63, 3.8) is 0 Å². The molecule has 2 N–H and O–H groups in total. The summed E-state index contributed by atoms with van der Waals surface area (Å²) in [4.78, 5) is 36.8. The number of likely N-dealkylation sites (tertiary alicyclic amines) is 1. The van der Waals surface area contributed by atoms with Gasteiger partial charge >= 0.3 is 6.09 Å². The van der Waals surface area contributed by atoms with Crippen molar-refractivity contribution < 1.29 is 14.3 Å². The number of fused-ring (bicyclic) bond motifs is 3. The molecular weight excluding hydrogens is 568 g/mol. The highest BCUT2D eigenvalue weighted by atomic mass is 32.1. The molecule has 2 aromatic heterocycles. The average Bonchev–Trinajstić information content (AvgIpc) is 3.75. The van der Waals surface area contributed by atoms with Crippen molar-refractivity contribution in [3.8, 4) is 11.3 Å². The van der Waals surface area contributed by atoms with Crippen molar-refractivity contribution in [1.29, 1.82) is 0 Å². The lowest BCUT2D eigenvalue weighted by Gasteiger charge is -2.32. The number of carbonyl (C=O) groups excluding carboxylic acids is 2. The van der Waals surface area contributed by atoms with Crippen LogP contribution in [0, 0.1) is 19.8 Å². The number of alkyl carbamates (subject to hydrolysis) is 1. The fraction of sp³-hybridized carbons (Fsp3) is 0.611. The Morgan fingerprint density at radius 2 is 1.64 bits per heavy atom. The number of piperidine rings is 1. The Balaban J connectivity index is 1.20. The molecule has 238 valence electrons. The van der Waals surface area contributed by atoms with Crippen LogP contribution in [0.5, 0.6) is 0 Å². The zero-order valence-electron chi connectivity index (χ0n) is 27.4. The zero-order chi connectivity index (χ0) is 31.2. The first kappa shape index (κ1) is 31.2. The molecule has 2 amide bonds. The fourth-order valence-corrected chi connectivity index (χ4v) is 8.99. The minimum Gasteiger partial charge on any atom is -0.447 e. The van der Waals surface area contributed by atoms with E-state index >= 15 is 0 Å². The third-order valence-corrected chi connectivity index (χ3v) is 11.6. The number of carbonyl (C=O) groups is 2. The number of nitrogens with one attached hydrogen (secondary N) is 2. The van der Waals surface area contributed by atoms with E-state index in [0.717, 1.165) is 43.8 Å². The summed E-state index contributed by atoms with van der Waals surface area (Å²) < 4.78 is 5.23. The van der Waals surface area contributed by atoms with Gasteiger partial charge in [-0.15, -0.1) is 11.3 Å². The van der Waals surface area contributed by atoms with Gasteiger partial charge in [-0.05, 0) is 135 Å². The van der Waals surface area contributed by atoms with Crippen LogP contribution in [0.1, 0.15) is 87.8 Å². The normalized spacial score (nSPS) is 21.1. The third kappa shape index (κ3) is 6.30. The molecule has 5 heterocycles. The van der Waals surface area contributed by atoms with Crippen molar-refractivity contribution in [2.75, 3.05) is 26.2 Å². The number of thiophene rings is 1. The van der Waals surface area contributed by atoms with E-state index < -0.39 is 5.41 Å². The van der Waals surface area contributed by atoms with Crippen LogP contribution in [-0.4, -0.2) is 71.2 Å². The Morgan fingerprint density at radius 3 is 2.25 bits per heavy atom. The highest BCUT2D eigenvalue weighted by Crippen LogP contribution is 2.44. The van der Waals surface area contributed by atoms with E-state index in [0.29, 0.717) is 30.5 Å². The van der Waals surface area contributed by atoms with E-state index in [2.05, 4.69) is 72.1 Å². The van der Waals surface area contributed by atoms with Crippen LogP contribution in [0.25, 0.3) is 21.5 Å². The van der Waals surface area contributed by atoms with E-state index in [4.69, 9.17) is 4.74 Å². The molecule has 0 atom stereocenters. The monoisotopic (exact) mass is 618 g/mol. The van der Waals surface area contributed by atoms with Crippen molar-refractivity contribution in [2.45, 2.75) is 110 Å². The van der Waals surface area contributed by atoms with Gasteiger partial charge in [-0.1, -0.05) is 17.2 Å². The molecule has 8 heteroatoms. The van der Waals surface area contributed by atoms with E-state index in [-0.39, 0.29) is 12.2 Å². The summed E-state index contributed by atoms with van der Waals surface area (Å²) in [7, 11) is 0. The largest absolute Gasteiger partial charge is 0.447 e. The molecule has 6 rings (SSSR count). The van der Waals surface area contributed by atoms with Crippen LogP contribution in [0.4, 0.5) is 4.79 Å². The summed E-state index contributed by atoms with van der Waals surface area (Å²) in [6.07, 6.45) is 7.35. The number of H-pyrrole nitrogens is 1. The molecule has 3 aliphatic heterocycles. The molecule has 3 aromatic rings. The lowest BCUT2D eigenvalue weighted by Crippen LogP contribution is -2.45. The van der Waals surface area contributed by atoms with Gasteiger partial charge in [0, 0.05) is 35.4 Å². The number of benzene rings is 1. The van der Waals surface area contributed by atoms with E-state index in [1.165, 1.54) is 63.8 Å². The minimum absolute atomic E-state index is 0.101. The van der Waals surface area contributed by atoms with Gasteiger partial charge < -0.3 is 24.8 Å². The van der Waals surface area contributed by atoms with Crippen LogP contribution in [0.3, 0.4) is 0 Å². The first-order valence-electron chi connectivity index (χ1n) is 16.7. The molecule has 3 saturated heterocycles. The second-order valence-corrected chi connectivity index (χ2v) is 15.4. The quantitative estimate of drug-likeness (QED) is 0.263. The number of aromatic amines is 1. The molecule has 1 aromatic carbocycles. The van der Waals surface area contributed by atoms with Crippen LogP contribution >= 0.6 is 11.3 Å². The van der Waals surface area contributed by atoms with Gasteiger partial charge in [-0.2, -0.15) is 0 Å². The van der Waals surface area contributed by atoms with Crippen molar-refractivity contribution in [1.82, 2.24) is 20.1 Å². The standard InChI is InChI=1S/C36H50N4O3S/c1-22(2)43-35(42)37-21-25-11-14-39(15-12-25)16-13-29-30-20-31(36(5,6)34(41)40-27-7-8-28(40)10-9-27)44-33(30)38-32(29)26-18-23(3)17-24(4)19-26/h17-20,22,25,27-28,38H,7-16,21H2,1-6H3,(H,37,42). The summed E-state index contributed by atoms with van der Waals surface area (Å²) in [5.41, 5.74) is 5.81. The Hall–Kier alpha value is -2.84. The second kappa shape index (κ2) is 12.5. The van der Waals surface area contributed by atoms with Gasteiger partial charge in [-0.25, -0.2) is 4.79 Å². The predicted octanol–water partition coefficient (Wildman–Crippen LogP) is 7.33. The molecule has 0 aliphatic carbocycles. The molecule has 0 saturated carbocycles. The first-order valence-corrected chi connectivity index (χ1v) is 17.5. The lowest BCUT2D eigenvalue weighted by molar-refractivity contribution is -0.137. The maximum absolute atomic E-state index is 14.0. The van der Waals surface area contributed by atoms with Crippen LogP contribution < -0.4 is 5.32 Å². The SMILES string of the molecule is Cc1cc(C)cc(-c2[nH]c3sc(C(C)(C)C(=O)N4C5CCC4CC5)cc3c2CCN2CCC(CNC(=O)OC(C)C)CC2)c1. The third-order valence-electron chi connectivity index (χ3n) is 10.2. The fourth-order valence-electron chi connectivity index (χ4n) is 7.80. The predicted molar refractivity (Wildman–Crippen MR) is 179 cm³/mol. The van der Waals surface area contributed by atoms with E-state index in [1.54, 1.807) is 11.3 Å². The van der Waals surface area contributed by atoms with Gasteiger partial charge in [0.05, 0.1) is 17.2 Å². The maximum Gasteiger partial charge on any atom is 0.407 e. The van der Waals surface area contributed by atoms with E-state index in [1.807, 2.05) is 13.8 Å². The van der Waals surface area contributed by atoms with Crippen LogP contribution in [-0.2, 0) is 21.4 Å². The number of hydrogen-bond acceptors (Lipinski definition) is 5. The lowest BCUT2D eigenvalue weighted by atomic mass is 9.88. The number of amides is 2. The number of aryl methyl sites for hydroxylation is 2. The summed E-state index contributed by atoms with van der Waals surface area (Å²) in [6, 6.07) is 10.0. The summed E-state index contributed by atoms with van der Waals surface area (Å²) >= 11 is 1.76. The van der Waals surface area contributed by atoms with E-state index in [9.17, 15) is 9.59 Å². The topological polar surface area (TPSA) is 77.7 Å². The van der Waals surface area contributed by atoms with Crippen molar-refractivity contribution in [2.24, 2.45) is 5.92 Å². The molecule has 0 spiro atoms. The van der Waals surface area contributed by atoms with Gasteiger partial charge in [0.15, 0.2) is 0 Å². The summed E-state index contributed by atoms with van der Waals surface area (Å²) in [5, 5.41) is 4.22.